The highest BCUT2D eigenvalue weighted by atomic mass is 16.5. The van der Waals surface area contributed by atoms with Gasteiger partial charge in [-0.05, 0) is 42.4 Å². The molecule has 0 saturated carbocycles. The van der Waals surface area contributed by atoms with Crippen LogP contribution >= 0.6 is 0 Å². The van der Waals surface area contributed by atoms with Gasteiger partial charge in [0.1, 0.15) is 11.3 Å². The summed E-state index contributed by atoms with van der Waals surface area (Å²) in [4.78, 5) is 36.1. The molecule has 6 heteroatoms. The third-order valence-corrected chi connectivity index (χ3v) is 4.51. The summed E-state index contributed by atoms with van der Waals surface area (Å²) in [5, 5.41) is 2.90. The Kier molecular flexibility index (Phi) is 6.78. The molecule has 0 fully saturated rings. The topological polar surface area (TPSA) is 85.6 Å². The molecule has 0 atom stereocenters. The van der Waals surface area contributed by atoms with E-state index in [9.17, 15) is 14.4 Å². The van der Waals surface area contributed by atoms with Crippen molar-refractivity contribution in [3.8, 4) is 0 Å². The Hall–Kier alpha value is -2.89. The fourth-order valence-corrected chi connectivity index (χ4v) is 3.14. The molecule has 0 aliphatic heterocycles. The number of aryl methyl sites for hydroxylation is 2. The molecular weight excluding hydrogens is 358 g/mol. The maximum Gasteiger partial charge on any atom is 0.342 e. The number of hydrogen-bond acceptors (Lipinski definition) is 5. The average Bonchev–Trinajstić information content (AvgIpc) is 2.58. The molecule has 0 saturated heterocycles. The van der Waals surface area contributed by atoms with Crippen molar-refractivity contribution in [2.75, 3.05) is 11.9 Å². The van der Waals surface area contributed by atoms with E-state index in [0.29, 0.717) is 5.56 Å². The van der Waals surface area contributed by atoms with Gasteiger partial charge in [0.15, 0.2) is 6.61 Å². The zero-order valence-electron chi connectivity index (χ0n) is 17.2. The van der Waals surface area contributed by atoms with Crippen LogP contribution in [0.5, 0.6) is 0 Å². The standard InChI is InChI=1S/C22H27NO5/c1-12(2)16-8-7-9-17(13(3)4)21(16)23-18(24)11-27-22(26)20-14(5)10-19(25)28-15(20)6/h7-10,12-13H,11H2,1-6H3,(H,23,24). The van der Waals surface area contributed by atoms with Crippen molar-refractivity contribution in [1.29, 1.82) is 0 Å². The normalized spacial score (nSPS) is 11.0. The minimum Gasteiger partial charge on any atom is -0.452 e. The van der Waals surface area contributed by atoms with E-state index in [1.54, 1.807) is 6.92 Å². The number of para-hydroxylation sites is 1. The Balaban J connectivity index is 2.16. The van der Waals surface area contributed by atoms with Gasteiger partial charge in [-0.1, -0.05) is 45.9 Å². The average molecular weight is 385 g/mol. The number of esters is 1. The lowest BCUT2D eigenvalue weighted by atomic mass is 9.92. The predicted octanol–water partition coefficient (Wildman–Crippen LogP) is 4.30. The van der Waals surface area contributed by atoms with Crippen molar-refractivity contribution in [2.45, 2.75) is 53.4 Å². The Labute approximate surface area is 164 Å². The summed E-state index contributed by atoms with van der Waals surface area (Å²) in [7, 11) is 0. The van der Waals surface area contributed by atoms with Crippen molar-refractivity contribution < 1.29 is 18.7 Å². The Morgan fingerprint density at radius 1 is 1.07 bits per heavy atom. The number of anilines is 1. The summed E-state index contributed by atoms with van der Waals surface area (Å²) < 4.78 is 10.1. The van der Waals surface area contributed by atoms with Crippen molar-refractivity contribution >= 4 is 17.6 Å². The van der Waals surface area contributed by atoms with E-state index < -0.39 is 24.1 Å². The molecule has 1 N–H and O–H groups in total. The number of hydrogen-bond donors (Lipinski definition) is 1. The number of carbonyl (C=O) groups is 2. The number of carbonyl (C=O) groups excluding carboxylic acids is 2. The fourth-order valence-electron chi connectivity index (χ4n) is 3.14. The predicted molar refractivity (Wildman–Crippen MR) is 108 cm³/mol. The van der Waals surface area contributed by atoms with Crippen molar-refractivity contribution in [1.82, 2.24) is 0 Å². The third-order valence-electron chi connectivity index (χ3n) is 4.51. The lowest BCUT2D eigenvalue weighted by Gasteiger charge is -2.20. The highest BCUT2D eigenvalue weighted by molar-refractivity contribution is 5.97. The molecular formula is C22H27NO5. The minimum absolute atomic E-state index is 0.165. The van der Waals surface area contributed by atoms with Gasteiger partial charge < -0.3 is 14.5 Å². The molecule has 0 bridgehead atoms. The molecule has 1 heterocycles. The molecule has 150 valence electrons. The zero-order valence-corrected chi connectivity index (χ0v) is 17.2. The van der Waals surface area contributed by atoms with Gasteiger partial charge in [0.05, 0.1) is 0 Å². The Morgan fingerprint density at radius 3 is 2.14 bits per heavy atom. The van der Waals surface area contributed by atoms with E-state index in [1.165, 1.54) is 13.0 Å². The summed E-state index contributed by atoms with van der Waals surface area (Å²) in [6.07, 6.45) is 0. The van der Waals surface area contributed by atoms with Crippen LogP contribution in [0.25, 0.3) is 0 Å². The number of rotatable bonds is 6. The van der Waals surface area contributed by atoms with Gasteiger partial charge in [0.2, 0.25) is 0 Å². The van der Waals surface area contributed by atoms with Crippen LogP contribution in [0.2, 0.25) is 0 Å². The van der Waals surface area contributed by atoms with Crippen LogP contribution in [-0.2, 0) is 9.53 Å². The van der Waals surface area contributed by atoms with E-state index >= 15 is 0 Å². The molecule has 2 aromatic rings. The van der Waals surface area contributed by atoms with Crippen LogP contribution in [0, 0.1) is 13.8 Å². The van der Waals surface area contributed by atoms with E-state index in [0.717, 1.165) is 16.8 Å². The van der Waals surface area contributed by atoms with Crippen molar-refractivity contribution in [2.24, 2.45) is 0 Å². The van der Waals surface area contributed by atoms with Gasteiger partial charge in [-0.25, -0.2) is 9.59 Å². The molecule has 0 aliphatic carbocycles. The second-order valence-electron chi connectivity index (χ2n) is 7.42. The molecule has 1 aromatic carbocycles. The smallest absolute Gasteiger partial charge is 0.342 e. The lowest BCUT2D eigenvalue weighted by Crippen LogP contribution is -2.23. The monoisotopic (exact) mass is 385 g/mol. The van der Waals surface area contributed by atoms with Crippen LogP contribution in [0.1, 0.15) is 72.3 Å². The molecule has 0 aliphatic rings. The van der Waals surface area contributed by atoms with Crippen LogP contribution in [0.4, 0.5) is 5.69 Å². The molecule has 0 unspecified atom stereocenters. The first-order valence-corrected chi connectivity index (χ1v) is 9.33. The number of ether oxygens (including phenoxy) is 1. The molecule has 2 rings (SSSR count). The second-order valence-corrected chi connectivity index (χ2v) is 7.42. The van der Waals surface area contributed by atoms with Crippen molar-refractivity contribution in [3.63, 3.8) is 0 Å². The van der Waals surface area contributed by atoms with Crippen LogP contribution in [0.15, 0.2) is 33.5 Å². The number of benzene rings is 1. The first-order chi connectivity index (χ1) is 13.1. The van der Waals surface area contributed by atoms with E-state index in [1.807, 2.05) is 18.2 Å². The van der Waals surface area contributed by atoms with Gasteiger partial charge in [-0.2, -0.15) is 0 Å². The summed E-state index contributed by atoms with van der Waals surface area (Å²) in [5.74, 6) is -0.489. The Morgan fingerprint density at radius 2 is 1.64 bits per heavy atom. The molecule has 28 heavy (non-hydrogen) atoms. The summed E-state index contributed by atoms with van der Waals surface area (Å²) >= 11 is 0. The van der Waals surface area contributed by atoms with Gasteiger partial charge in [-0.3, -0.25) is 4.79 Å². The molecule has 1 aromatic heterocycles. The zero-order chi connectivity index (χ0) is 21.0. The van der Waals surface area contributed by atoms with Crippen LogP contribution < -0.4 is 10.9 Å². The number of amides is 1. The van der Waals surface area contributed by atoms with E-state index in [4.69, 9.17) is 9.15 Å². The van der Waals surface area contributed by atoms with E-state index in [-0.39, 0.29) is 23.2 Å². The van der Waals surface area contributed by atoms with Crippen LogP contribution in [0.3, 0.4) is 0 Å². The van der Waals surface area contributed by atoms with Crippen molar-refractivity contribution in [3.05, 3.63) is 62.7 Å². The first kappa shape index (κ1) is 21.4. The first-order valence-electron chi connectivity index (χ1n) is 9.33. The largest absolute Gasteiger partial charge is 0.452 e. The van der Waals surface area contributed by atoms with Crippen LogP contribution in [-0.4, -0.2) is 18.5 Å². The molecule has 1 amide bonds. The number of nitrogens with one attached hydrogen (secondary N) is 1. The van der Waals surface area contributed by atoms with Gasteiger partial charge >= 0.3 is 11.6 Å². The highest BCUT2D eigenvalue weighted by Crippen LogP contribution is 2.32. The molecule has 0 radical (unpaired) electrons. The van der Waals surface area contributed by atoms with E-state index in [2.05, 4.69) is 33.0 Å². The SMILES string of the molecule is Cc1cc(=O)oc(C)c1C(=O)OCC(=O)Nc1c(C(C)C)cccc1C(C)C. The lowest BCUT2D eigenvalue weighted by molar-refractivity contribution is -0.119. The Bertz CT molecular complexity index is 888. The summed E-state index contributed by atoms with van der Waals surface area (Å²) in [6.45, 7) is 10.9. The summed E-state index contributed by atoms with van der Waals surface area (Å²) in [6, 6.07) is 7.17. The molecule has 0 spiro atoms. The van der Waals surface area contributed by atoms with Gasteiger partial charge in [0.25, 0.3) is 5.91 Å². The second kappa shape index (κ2) is 8.87. The third kappa shape index (κ3) is 4.88. The van der Waals surface area contributed by atoms with Gasteiger partial charge in [0, 0.05) is 11.8 Å². The van der Waals surface area contributed by atoms with Gasteiger partial charge in [-0.15, -0.1) is 0 Å². The minimum atomic E-state index is -0.699. The fraction of sp³-hybridized carbons (Fsp3) is 0.409. The highest BCUT2D eigenvalue weighted by Gasteiger charge is 2.20. The quantitative estimate of drug-likeness (QED) is 0.749. The summed E-state index contributed by atoms with van der Waals surface area (Å²) in [5.41, 5.74) is 2.91. The maximum atomic E-state index is 12.5. The maximum absolute atomic E-state index is 12.5. The molecule has 6 nitrogen and oxygen atoms in total.